The monoisotopic (exact) mass is 630 g/mol. The van der Waals surface area contributed by atoms with Crippen LogP contribution in [0.2, 0.25) is 5.02 Å². The second-order valence-corrected chi connectivity index (χ2v) is 12.6. The molecule has 45 heavy (non-hydrogen) atoms. The lowest BCUT2D eigenvalue weighted by Gasteiger charge is -2.54. The number of hydrogen-bond acceptors (Lipinski definition) is 8. The summed E-state index contributed by atoms with van der Waals surface area (Å²) in [5, 5.41) is 18.9. The van der Waals surface area contributed by atoms with Gasteiger partial charge in [-0.1, -0.05) is 23.7 Å². The van der Waals surface area contributed by atoms with Gasteiger partial charge in [0.25, 0.3) is 0 Å². The molecule has 2 aromatic heterocycles. The molecule has 1 saturated carbocycles. The van der Waals surface area contributed by atoms with E-state index in [-0.39, 0.29) is 34.4 Å². The normalized spacial score (nSPS) is 22.8. The molecule has 0 radical (unpaired) electrons. The van der Waals surface area contributed by atoms with Crippen LogP contribution in [0.3, 0.4) is 0 Å². The van der Waals surface area contributed by atoms with Gasteiger partial charge in [-0.3, -0.25) is 4.90 Å². The highest BCUT2D eigenvalue weighted by Crippen LogP contribution is 2.38. The highest BCUT2D eigenvalue weighted by atomic mass is 35.5. The number of fused-ring (bicyclic) bond motifs is 2. The number of halogens is 2. The van der Waals surface area contributed by atoms with Gasteiger partial charge in [-0.05, 0) is 50.1 Å². The summed E-state index contributed by atoms with van der Waals surface area (Å²) < 4.78 is 28.2. The van der Waals surface area contributed by atoms with Crippen molar-refractivity contribution in [2.24, 2.45) is 0 Å². The number of benzene rings is 2. The van der Waals surface area contributed by atoms with Crippen LogP contribution in [-0.4, -0.2) is 67.9 Å². The van der Waals surface area contributed by atoms with Gasteiger partial charge < -0.3 is 24.0 Å². The fraction of sp³-hybridized carbons (Fsp3) is 0.394. The van der Waals surface area contributed by atoms with E-state index in [1.165, 1.54) is 6.07 Å². The number of carbonyl (C=O) groups is 1. The molecule has 3 aliphatic rings. The predicted molar refractivity (Wildman–Crippen MR) is 165 cm³/mol. The van der Waals surface area contributed by atoms with Gasteiger partial charge in [-0.2, -0.15) is 10.2 Å². The zero-order valence-electron chi connectivity index (χ0n) is 24.7. The molecular weight excluding hydrogens is 599 g/mol. The molecule has 2 aliphatic heterocycles. The van der Waals surface area contributed by atoms with Gasteiger partial charge in [0, 0.05) is 43.2 Å². The van der Waals surface area contributed by atoms with E-state index in [0.717, 1.165) is 49.5 Å². The van der Waals surface area contributed by atoms with Crippen LogP contribution in [0.4, 0.5) is 10.2 Å². The number of nitrogens with zero attached hydrogens (tertiary/aromatic N) is 6. The van der Waals surface area contributed by atoms with E-state index in [9.17, 15) is 14.3 Å². The molecule has 0 spiro atoms. The SMILES string of the molecule is C[C@@]1(Cn2c(CN3CCN(c4cccc(OCc5ccc(C#N)cc5F)n4)[C@@H]4CC[C@@H]43)nc3cc(Cl)c(C(=O)O)cc32)CCO1. The van der Waals surface area contributed by atoms with E-state index >= 15 is 0 Å². The smallest absolute Gasteiger partial charge is 0.337 e. The van der Waals surface area contributed by atoms with Gasteiger partial charge in [0.1, 0.15) is 24.1 Å². The van der Waals surface area contributed by atoms with Crippen LogP contribution in [0, 0.1) is 17.1 Å². The number of pyridine rings is 1. The van der Waals surface area contributed by atoms with Gasteiger partial charge >= 0.3 is 5.97 Å². The Morgan fingerprint density at radius 1 is 1.20 bits per heavy atom. The van der Waals surface area contributed by atoms with Crippen molar-refractivity contribution < 1.29 is 23.8 Å². The largest absolute Gasteiger partial charge is 0.478 e. The Labute approximate surface area is 264 Å². The number of carboxylic acid groups (broad SMARTS) is 1. The molecule has 0 unspecified atom stereocenters. The molecule has 3 atom stereocenters. The first-order valence-corrected chi connectivity index (χ1v) is 15.4. The quantitative estimate of drug-likeness (QED) is 0.259. The highest BCUT2D eigenvalue weighted by molar-refractivity contribution is 6.34. The summed E-state index contributed by atoms with van der Waals surface area (Å²) in [6, 6.07) is 15.8. The Balaban J connectivity index is 1.08. The molecule has 12 heteroatoms. The van der Waals surface area contributed by atoms with Crippen molar-refractivity contribution in [3.8, 4) is 11.9 Å². The molecule has 2 aromatic carbocycles. The number of nitriles is 1. The van der Waals surface area contributed by atoms with E-state index in [2.05, 4.69) is 21.3 Å². The van der Waals surface area contributed by atoms with Crippen molar-refractivity contribution in [2.45, 2.75) is 63.6 Å². The summed E-state index contributed by atoms with van der Waals surface area (Å²) in [6.45, 7) is 5.55. The van der Waals surface area contributed by atoms with E-state index in [4.69, 9.17) is 36.3 Å². The Bertz CT molecular complexity index is 1840. The molecule has 7 rings (SSSR count). The molecule has 1 aliphatic carbocycles. The van der Waals surface area contributed by atoms with Gasteiger partial charge in [0.05, 0.1) is 58.5 Å². The lowest BCUT2D eigenvalue weighted by atomic mass is 9.81. The van der Waals surface area contributed by atoms with Crippen molar-refractivity contribution in [3.63, 3.8) is 0 Å². The maximum atomic E-state index is 14.4. The predicted octanol–water partition coefficient (Wildman–Crippen LogP) is 5.40. The van der Waals surface area contributed by atoms with Gasteiger partial charge in [-0.15, -0.1) is 0 Å². The minimum Gasteiger partial charge on any atom is -0.478 e. The second kappa shape index (κ2) is 11.6. The van der Waals surface area contributed by atoms with E-state index in [1.54, 1.807) is 30.3 Å². The Morgan fingerprint density at radius 3 is 2.71 bits per heavy atom. The van der Waals surface area contributed by atoms with E-state index in [1.807, 2.05) is 18.2 Å². The van der Waals surface area contributed by atoms with Gasteiger partial charge in [-0.25, -0.2) is 14.2 Å². The molecule has 3 fully saturated rings. The second-order valence-electron chi connectivity index (χ2n) is 12.2. The fourth-order valence-corrected chi connectivity index (χ4v) is 6.82. The summed E-state index contributed by atoms with van der Waals surface area (Å²) in [7, 11) is 0. The van der Waals surface area contributed by atoms with Crippen LogP contribution in [0.25, 0.3) is 11.0 Å². The van der Waals surface area contributed by atoms with Gasteiger partial charge in [0.2, 0.25) is 5.88 Å². The molecule has 0 amide bonds. The average molecular weight is 631 g/mol. The molecular formula is C33H32ClFN6O4. The van der Waals surface area contributed by atoms with Crippen LogP contribution < -0.4 is 9.64 Å². The van der Waals surface area contributed by atoms with Crippen molar-refractivity contribution in [3.05, 3.63) is 81.9 Å². The maximum absolute atomic E-state index is 14.4. The van der Waals surface area contributed by atoms with Crippen LogP contribution in [-0.2, 0) is 24.4 Å². The van der Waals surface area contributed by atoms with E-state index in [0.29, 0.717) is 42.7 Å². The summed E-state index contributed by atoms with van der Waals surface area (Å²) in [4.78, 5) is 26.3. The number of hydrogen-bond donors (Lipinski definition) is 1. The van der Waals surface area contributed by atoms with Crippen molar-refractivity contribution >= 4 is 34.4 Å². The van der Waals surface area contributed by atoms with E-state index < -0.39 is 11.8 Å². The van der Waals surface area contributed by atoms with Crippen LogP contribution in [0.15, 0.2) is 48.5 Å². The first-order chi connectivity index (χ1) is 21.7. The van der Waals surface area contributed by atoms with Crippen molar-refractivity contribution in [1.29, 1.82) is 5.26 Å². The highest BCUT2D eigenvalue weighted by Gasteiger charge is 2.44. The zero-order chi connectivity index (χ0) is 31.3. The molecule has 10 nitrogen and oxygen atoms in total. The third kappa shape index (κ3) is 5.58. The lowest BCUT2D eigenvalue weighted by Crippen LogP contribution is -2.64. The van der Waals surface area contributed by atoms with Crippen LogP contribution in [0.5, 0.6) is 5.88 Å². The first-order valence-electron chi connectivity index (χ1n) is 15.1. The standard InChI is InChI=1S/C33H32ClFN6O4/c1-33(9-12-45-33)19-41-28-14-22(32(42)43)23(34)15-25(28)37-30(41)17-39-10-11-40(27-8-7-26(27)39)29-3-2-4-31(38-29)44-18-21-6-5-20(16-36)13-24(21)35/h2-6,13-15,26-27H,7-12,17-19H2,1H3,(H,42,43)/t26-,27+,33-/m0/s1. The topological polar surface area (TPSA) is 117 Å². The maximum Gasteiger partial charge on any atom is 0.337 e. The van der Waals surface area contributed by atoms with Crippen LogP contribution in [0.1, 0.15) is 53.5 Å². The Kier molecular flexibility index (Phi) is 7.60. The summed E-state index contributed by atoms with van der Waals surface area (Å²) in [6.07, 6.45) is 3.00. The van der Waals surface area contributed by atoms with Crippen LogP contribution >= 0.6 is 11.6 Å². The molecule has 2 saturated heterocycles. The lowest BCUT2D eigenvalue weighted by molar-refractivity contribution is -0.142. The van der Waals surface area contributed by atoms with Crippen molar-refractivity contribution in [2.75, 3.05) is 24.6 Å². The summed E-state index contributed by atoms with van der Waals surface area (Å²) >= 11 is 6.32. The Hall–Kier alpha value is -4.24. The number of aromatic nitrogens is 3. The third-order valence-electron chi connectivity index (χ3n) is 9.33. The number of ether oxygens (including phenoxy) is 2. The number of piperazine rings is 1. The zero-order valence-corrected chi connectivity index (χ0v) is 25.5. The minimum atomic E-state index is -1.07. The first kappa shape index (κ1) is 29.5. The summed E-state index contributed by atoms with van der Waals surface area (Å²) in [5.41, 5.74) is 1.78. The molecule has 4 aromatic rings. The number of imidazole rings is 1. The fourth-order valence-electron chi connectivity index (χ4n) is 6.58. The minimum absolute atomic E-state index is 0.0120. The number of carboxylic acids is 1. The summed E-state index contributed by atoms with van der Waals surface area (Å²) in [5.74, 6) is 0.546. The molecule has 4 heterocycles. The van der Waals surface area contributed by atoms with Crippen molar-refractivity contribution in [1.82, 2.24) is 19.4 Å². The molecule has 1 N–H and O–H groups in total. The number of anilines is 1. The average Bonchev–Trinajstić information content (AvgIpc) is 3.30. The molecule has 0 bridgehead atoms. The molecule has 232 valence electrons. The number of rotatable bonds is 9. The van der Waals surface area contributed by atoms with Gasteiger partial charge in [0.15, 0.2) is 0 Å². The third-order valence-corrected chi connectivity index (χ3v) is 9.64. The number of aromatic carboxylic acids is 1. The Morgan fingerprint density at radius 2 is 2.02 bits per heavy atom.